The van der Waals surface area contributed by atoms with Crippen LogP contribution in [0.2, 0.25) is 0 Å². The second-order valence-corrected chi connectivity index (χ2v) is 4.40. The Morgan fingerprint density at radius 3 is 2.69 bits per heavy atom. The monoisotopic (exact) mass is 214 g/mol. The molecule has 0 radical (unpaired) electrons. The Labute approximate surface area is 96.6 Å². The zero-order chi connectivity index (χ0) is 11.7. The highest BCUT2D eigenvalue weighted by Crippen LogP contribution is 2.19. The molecule has 0 saturated heterocycles. The van der Waals surface area contributed by atoms with Crippen LogP contribution in [0.5, 0.6) is 0 Å². The number of aromatic nitrogens is 2. The summed E-state index contributed by atoms with van der Waals surface area (Å²) in [7, 11) is 0. The lowest BCUT2D eigenvalue weighted by Crippen LogP contribution is -1.98. The molecule has 0 atom stereocenters. The number of benzene rings is 1. The summed E-state index contributed by atoms with van der Waals surface area (Å²) < 4.78 is 2.17. The summed E-state index contributed by atoms with van der Waals surface area (Å²) in [6.45, 7) is 11.3. The lowest BCUT2D eigenvalue weighted by atomic mass is 10.1. The van der Waals surface area contributed by atoms with Gasteiger partial charge in [-0.25, -0.2) is 4.98 Å². The zero-order valence-electron chi connectivity index (χ0n) is 10.2. The molecule has 0 spiro atoms. The van der Waals surface area contributed by atoms with Gasteiger partial charge < -0.3 is 4.57 Å². The fraction of sp³-hybridized carbons (Fsp3) is 0.357. The Morgan fingerprint density at radius 1 is 1.31 bits per heavy atom. The second kappa shape index (κ2) is 4.12. The molecule has 0 unspecified atom stereocenters. The maximum Gasteiger partial charge on any atom is 0.0961 e. The van der Waals surface area contributed by atoms with E-state index in [9.17, 15) is 0 Å². The zero-order valence-corrected chi connectivity index (χ0v) is 10.2. The first-order chi connectivity index (χ1) is 7.61. The third-order valence-corrected chi connectivity index (χ3v) is 3.13. The van der Waals surface area contributed by atoms with E-state index in [1.165, 1.54) is 22.2 Å². The SMILES string of the molecule is C=C(CC)Cn1cnc2cc(C)c(C)cc21. The summed E-state index contributed by atoms with van der Waals surface area (Å²) in [5, 5.41) is 0. The van der Waals surface area contributed by atoms with E-state index in [2.05, 4.69) is 49.0 Å². The molecule has 1 heterocycles. The van der Waals surface area contributed by atoms with Gasteiger partial charge in [-0.1, -0.05) is 19.1 Å². The molecule has 84 valence electrons. The minimum Gasteiger partial charge on any atom is -0.326 e. The van der Waals surface area contributed by atoms with Crippen LogP contribution >= 0.6 is 0 Å². The number of hydrogen-bond acceptors (Lipinski definition) is 1. The average molecular weight is 214 g/mol. The summed E-state index contributed by atoms with van der Waals surface area (Å²) in [6.07, 6.45) is 2.93. The second-order valence-electron chi connectivity index (χ2n) is 4.40. The smallest absolute Gasteiger partial charge is 0.0961 e. The van der Waals surface area contributed by atoms with Crippen LogP contribution in [0.25, 0.3) is 11.0 Å². The first kappa shape index (κ1) is 10.9. The maximum absolute atomic E-state index is 4.43. The van der Waals surface area contributed by atoms with Gasteiger partial charge in [-0.05, 0) is 43.5 Å². The minimum absolute atomic E-state index is 0.871. The molecule has 16 heavy (non-hydrogen) atoms. The van der Waals surface area contributed by atoms with Crippen LogP contribution in [-0.2, 0) is 6.54 Å². The molecule has 0 N–H and O–H groups in total. The van der Waals surface area contributed by atoms with E-state index in [0.717, 1.165) is 18.5 Å². The van der Waals surface area contributed by atoms with Crippen LogP contribution in [0, 0.1) is 13.8 Å². The van der Waals surface area contributed by atoms with Gasteiger partial charge in [-0.3, -0.25) is 0 Å². The first-order valence-corrected chi connectivity index (χ1v) is 5.70. The molecule has 2 nitrogen and oxygen atoms in total. The van der Waals surface area contributed by atoms with Crippen molar-refractivity contribution in [1.29, 1.82) is 0 Å². The Hall–Kier alpha value is -1.57. The van der Waals surface area contributed by atoms with Gasteiger partial charge in [0.25, 0.3) is 0 Å². The number of allylic oxidation sites excluding steroid dienone is 1. The molecule has 1 aromatic heterocycles. The molecular weight excluding hydrogens is 196 g/mol. The predicted octanol–water partition coefficient (Wildman–Crippen LogP) is 3.62. The Bertz CT molecular complexity index is 535. The minimum atomic E-state index is 0.871. The molecule has 0 aliphatic carbocycles. The molecule has 2 rings (SSSR count). The van der Waals surface area contributed by atoms with Crippen molar-refractivity contribution in [3.05, 3.63) is 41.7 Å². The van der Waals surface area contributed by atoms with E-state index >= 15 is 0 Å². The molecular formula is C14H18N2. The van der Waals surface area contributed by atoms with E-state index in [0.29, 0.717) is 0 Å². The van der Waals surface area contributed by atoms with Crippen molar-refractivity contribution in [3.63, 3.8) is 0 Å². The van der Waals surface area contributed by atoms with Gasteiger partial charge in [0.1, 0.15) is 0 Å². The van der Waals surface area contributed by atoms with E-state index < -0.39 is 0 Å². The van der Waals surface area contributed by atoms with Gasteiger partial charge in [0, 0.05) is 6.54 Å². The standard InChI is InChI=1S/C14H18N2/c1-5-10(2)8-16-9-15-13-6-11(3)12(4)7-14(13)16/h6-7,9H,2,5,8H2,1,3-4H3. The van der Waals surface area contributed by atoms with Crippen molar-refractivity contribution < 1.29 is 0 Å². The van der Waals surface area contributed by atoms with Gasteiger partial charge in [-0.15, -0.1) is 0 Å². The Kier molecular flexibility index (Phi) is 2.82. The fourth-order valence-corrected chi connectivity index (χ4v) is 1.79. The van der Waals surface area contributed by atoms with Crippen molar-refractivity contribution in [2.75, 3.05) is 0 Å². The third kappa shape index (κ3) is 1.87. The van der Waals surface area contributed by atoms with Gasteiger partial charge >= 0.3 is 0 Å². The summed E-state index contributed by atoms with van der Waals surface area (Å²) in [5.41, 5.74) is 6.13. The Balaban J connectivity index is 2.48. The van der Waals surface area contributed by atoms with Gasteiger partial charge in [0.05, 0.1) is 17.4 Å². The first-order valence-electron chi connectivity index (χ1n) is 5.70. The van der Waals surface area contributed by atoms with Crippen molar-refractivity contribution in [3.8, 4) is 0 Å². The number of aryl methyl sites for hydroxylation is 2. The van der Waals surface area contributed by atoms with E-state index in [-0.39, 0.29) is 0 Å². The van der Waals surface area contributed by atoms with Crippen molar-refractivity contribution >= 4 is 11.0 Å². The molecule has 0 amide bonds. The van der Waals surface area contributed by atoms with Gasteiger partial charge in [0.2, 0.25) is 0 Å². The lowest BCUT2D eigenvalue weighted by molar-refractivity contribution is 0.781. The average Bonchev–Trinajstić information content (AvgIpc) is 2.62. The highest BCUT2D eigenvalue weighted by atomic mass is 15.0. The van der Waals surface area contributed by atoms with Crippen molar-refractivity contribution in [2.24, 2.45) is 0 Å². The number of nitrogens with zero attached hydrogens (tertiary/aromatic N) is 2. The molecule has 0 fully saturated rings. The molecule has 2 aromatic rings. The van der Waals surface area contributed by atoms with Crippen LogP contribution in [0.15, 0.2) is 30.6 Å². The van der Waals surface area contributed by atoms with Gasteiger partial charge in [-0.2, -0.15) is 0 Å². The van der Waals surface area contributed by atoms with Crippen molar-refractivity contribution in [1.82, 2.24) is 9.55 Å². The quantitative estimate of drug-likeness (QED) is 0.713. The lowest BCUT2D eigenvalue weighted by Gasteiger charge is -2.06. The van der Waals surface area contributed by atoms with Crippen LogP contribution in [-0.4, -0.2) is 9.55 Å². The highest BCUT2D eigenvalue weighted by molar-refractivity contribution is 5.77. The van der Waals surface area contributed by atoms with Crippen LogP contribution in [0.1, 0.15) is 24.5 Å². The highest BCUT2D eigenvalue weighted by Gasteiger charge is 2.05. The summed E-state index contributed by atoms with van der Waals surface area (Å²) in [5.74, 6) is 0. The normalized spacial score (nSPS) is 10.9. The molecule has 0 saturated carbocycles. The number of hydrogen-bond donors (Lipinski definition) is 0. The summed E-state index contributed by atoms with van der Waals surface area (Å²) >= 11 is 0. The molecule has 0 bridgehead atoms. The van der Waals surface area contributed by atoms with Gasteiger partial charge in [0.15, 0.2) is 0 Å². The molecule has 0 aliphatic heterocycles. The fourth-order valence-electron chi connectivity index (χ4n) is 1.79. The molecule has 0 aliphatic rings. The largest absolute Gasteiger partial charge is 0.326 e. The molecule has 1 aromatic carbocycles. The van der Waals surface area contributed by atoms with E-state index in [4.69, 9.17) is 0 Å². The molecule has 2 heteroatoms. The summed E-state index contributed by atoms with van der Waals surface area (Å²) in [4.78, 5) is 4.43. The van der Waals surface area contributed by atoms with Crippen molar-refractivity contribution in [2.45, 2.75) is 33.7 Å². The van der Waals surface area contributed by atoms with Crippen LogP contribution in [0.4, 0.5) is 0 Å². The third-order valence-electron chi connectivity index (χ3n) is 3.13. The maximum atomic E-state index is 4.43. The number of imidazole rings is 1. The Morgan fingerprint density at radius 2 is 2.00 bits per heavy atom. The predicted molar refractivity (Wildman–Crippen MR) is 68.6 cm³/mol. The topological polar surface area (TPSA) is 17.8 Å². The van der Waals surface area contributed by atoms with E-state index in [1.54, 1.807) is 0 Å². The van der Waals surface area contributed by atoms with Crippen LogP contribution in [0.3, 0.4) is 0 Å². The van der Waals surface area contributed by atoms with E-state index in [1.807, 2.05) is 6.33 Å². The summed E-state index contributed by atoms with van der Waals surface area (Å²) in [6, 6.07) is 4.36. The number of rotatable bonds is 3. The number of fused-ring (bicyclic) bond motifs is 1. The van der Waals surface area contributed by atoms with Crippen LogP contribution < -0.4 is 0 Å².